The van der Waals surface area contributed by atoms with Crippen LogP contribution in [0.3, 0.4) is 0 Å². The maximum absolute atomic E-state index is 13.9. The molecule has 2 rings (SSSR count). The van der Waals surface area contributed by atoms with Gasteiger partial charge in [0.15, 0.2) is 0 Å². The van der Waals surface area contributed by atoms with Crippen molar-refractivity contribution in [2.45, 2.75) is 44.4 Å². The van der Waals surface area contributed by atoms with E-state index >= 15 is 0 Å². The fourth-order valence-corrected chi connectivity index (χ4v) is 2.83. The van der Waals surface area contributed by atoms with Crippen LogP contribution < -0.4 is 5.32 Å². The first-order valence-electron chi connectivity index (χ1n) is 7.87. The molecule has 0 aromatic heterocycles. The average molecular weight is 308 g/mol. The molecule has 0 spiro atoms. The van der Waals surface area contributed by atoms with Crippen molar-refractivity contribution in [3.63, 3.8) is 0 Å². The van der Waals surface area contributed by atoms with E-state index in [1.165, 1.54) is 6.07 Å². The van der Waals surface area contributed by atoms with Gasteiger partial charge in [-0.3, -0.25) is 4.79 Å². The summed E-state index contributed by atoms with van der Waals surface area (Å²) in [7, 11) is 3.48. The molecule has 122 valence electrons. The molecule has 1 aromatic carbocycles. The molecule has 1 N–H and O–H groups in total. The summed E-state index contributed by atoms with van der Waals surface area (Å²) in [5, 5.41) is 3.37. The van der Waals surface area contributed by atoms with Gasteiger partial charge in [0.25, 0.3) is 5.91 Å². The largest absolute Gasteiger partial charge is 0.364 e. The Morgan fingerprint density at radius 3 is 2.77 bits per heavy atom. The maximum Gasteiger partial charge on any atom is 0.251 e. The topological polar surface area (TPSA) is 41.6 Å². The van der Waals surface area contributed by atoms with Crippen LogP contribution >= 0.6 is 0 Å². The second-order valence-electron chi connectivity index (χ2n) is 5.95. The molecule has 1 amide bonds. The molecule has 1 heterocycles. The molecule has 0 radical (unpaired) electrons. The van der Waals surface area contributed by atoms with Crippen LogP contribution in [0, 0.1) is 5.82 Å². The molecule has 1 aromatic rings. The fourth-order valence-electron chi connectivity index (χ4n) is 2.83. The molecule has 4 nitrogen and oxygen atoms in total. The Kier molecular flexibility index (Phi) is 5.91. The van der Waals surface area contributed by atoms with Crippen molar-refractivity contribution in [2.75, 3.05) is 20.6 Å². The zero-order valence-electron chi connectivity index (χ0n) is 13.5. The summed E-state index contributed by atoms with van der Waals surface area (Å²) in [5.74, 6) is -0.168. The molecule has 0 saturated carbocycles. The number of rotatable bonds is 6. The molecular formula is C17H25FN2O2. The number of carbonyl (C=O) groups excluding carboxylic acids is 1. The second kappa shape index (κ2) is 7.70. The Labute approximate surface area is 131 Å². The molecule has 0 bridgehead atoms. The number of halogens is 1. The van der Waals surface area contributed by atoms with E-state index in [2.05, 4.69) is 5.32 Å². The summed E-state index contributed by atoms with van der Waals surface area (Å²) >= 11 is 0. The quantitative estimate of drug-likeness (QED) is 0.878. The van der Waals surface area contributed by atoms with E-state index in [-0.39, 0.29) is 30.0 Å². The minimum Gasteiger partial charge on any atom is -0.364 e. The number of benzene rings is 1. The van der Waals surface area contributed by atoms with Gasteiger partial charge in [0.2, 0.25) is 0 Å². The van der Waals surface area contributed by atoms with E-state index < -0.39 is 0 Å². The molecule has 22 heavy (non-hydrogen) atoms. The monoisotopic (exact) mass is 308 g/mol. The van der Waals surface area contributed by atoms with Gasteiger partial charge in [0.1, 0.15) is 11.9 Å². The van der Waals surface area contributed by atoms with Gasteiger partial charge in [0, 0.05) is 32.2 Å². The van der Waals surface area contributed by atoms with Crippen molar-refractivity contribution in [2.24, 2.45) is 0 Å². The van der Waals surface area contributed by atoms with Crippen molar-refractivity contribution in [1.82, 2.24) is 10.2 Å². The standard InChI is InChI=1S/C17H25FN2O2/c1-4-15(13-7-5-6-8-14(13)18)19-11-12-9-10-16(22-12)17(21)20(2)3/h5-8,12,15-16,19H,4,9-11H2,1-3H3/t12-,15+,16+/m1/s1. The van der Waals surface area contributed by atoms with Crippen molar-refractivity contribution in [3.8, 4) is 0 Å². The van der Waals surface area contributed by atoms with E-state index in [0.717, 1.165) is 19.3 Å². The summed E-state index contributed by atoms with van der Waals surface area (Å²) in [5.41, 5.74) is 0.684. The molecular weight excluding hydrogens is 283 g/mol. The Hall–Kier alpha value is -1.46. The van der Waals surface area contributed by atoms with Gasteiger partial charge in [-0.25, -0.2) is 4.39 Å². The van der Waals surface area contributed by atoms with Gasteiger partial charge >= 0.3 is 0 Å². The highest BCUT2D eigenvalue weighted by molar-refractivity contribution is 5.80. The molecule has 5 heteroatoms. The molecule has 1 aliphatic heterocycles. The highest BCUT2D eigenvalue weighted by Gasteiger charge is 2.31. The number of ether oxygens (including phenoxy) is 1. The zero-order valence-corrected chi connectivity index (χ0v) is 13.5. The number of amides is 1. The van der Waals surface area contributed by atoms with Crippen LogP contribution in [0.5, 0.6) is 0 Å². The van der Waals surface area contributed by atoms with E-state index in [0.29, 0.717) is 12.1 Å². The summed E-state index contributed by atoms with van der Waals surface area (Å²) < 4.78 is 19.7. The number of carbonyl (C=O) groups is 1. The van der Waals surface area contributed by atoms with Crippen LogP contribution in [0.2, 0.25) is 0 Å². The summed E-state index contributed by atoms with van der Waals surface area (Å²) in [6.45, 7) is 2.65. The van der Waals surface area contributed by atoms with E-state index in [9.17, 15) is 9.18 Å². The van der Waals surface area contributed by atoms with Gasteiger partial charge in [-0.15, -0.1) is 0 Å². The average Bonchev–Trinajstić information content (AvgIpc) is 2.97. The predicted molar refractivity (Wildman–Crippen MR) is 84.0 cm³/mol. The van der Waals surface area contributed by atoms with E-state index in [4.69, 9.17) is 4.74 Å². The number of nitrogens with one attached hydrogen (secondary N) is 1. The molecule has 3 atom stereocenters. The minimum atomic E-state index is -0.338. The molecule has 1 fully saturated rings. The zero-order chi connectivity index (χ0) is 16.1. The number of nitrogens with zero attached hydrogens (tertiary/aromatic N) is 1. The highest BCUT2D eigenvalue weighted by atomic mass is 19.1. The minimum absolute atomic E-state index is 0.00900. The first-order chi connectivity index (χ1) is 10.5. The van der Waals surface area contributed by atoms with Crippen molar-refractivity contribution in [1.29, 1.82) is 0 Å². The third kappa shape index (κ3) is 4.05. The third-order valence-electron chi connectivity index (χ3n) is 4.10. The van der Waals surface area contributed by atoms with E-state index in [1.807, 2.05) is 19.1 Å². The van der Waals surface area contributed by atoms with Gasteiger partial charge < -0.3 is 15.0 Å². The molecule has 0 unspecified atom stereocenters. The lowest BCUT2D eigenvalue weighted by Crippen LogP contribution is -2.36. The highest BCUT2D eigenvalue weighted by Crippen LogP contribution is 2.23. The predicted octanol–water partition coefficient (Wildman–Crippen LogP) is 2.50. The molecule has 0 aliphatic carbocycles. The number of hydrogen-bond donors (Lipinski definition) is 1. The van der Waals surface area contributed by atoms with Crippen LogP contribution in [-0.2, 0) is 9.53 Å². The maximum atomic E-state index is 13.9. The van der Waals surface area contributed by atoms with Crippen LogP contribution in [0.4, 0.5) is 4.39 Å². The van der Waals surface area contributed by atoms with Gasteiger partial charge in [-0.05, 0) is 25.3 Å². The SMILES string of the molecule is CC[C@H](NC[C@H]1CC[C@@H](C(=O)N(C)C)O1)c1ccccc1F. The van der Waals surface area contributed by atoms with Crippen molar-refractivity contribution >= 4 is 5.91 Å². The Balaban J connectivity index is 1.87. The van der Waals surface area contributed by atoms with Crippen LogP contribution in [-0.4, -0.2) is 43.7 Å². The second-order valence-corrected chi connectivity index (χ2v) is 5.95. The fraction of sp³-hybridized carbons (Fsp3) is 0.588. The normalized spacial score (nSPS) is 22.5. The van der Waals surface area contributed by atoms with Gasteiger partial charge in [-0.1, -0.05) is 25.1 Å². The lowest BCUT2D eigenvalue weighted by atomic mass is 10.0. The smallest absolute Gasteiger partial charge is 0.251 e. The van der Waals surface area contributed by atoms with E-state index in [1.54, 1.807) is 25.1 Å². The Bertz CT molecular complexity index is 507. The van der Waals surface area contributed by atoms with Crippen molar-refractivity contribution in [3.05, 3.63) is 35.6 Å². The third-order valence-corrected chi connectivity index (χ3v) is 4.10. The number of likely N-dealkylation sites (N-methyl/N-ethyl adjacent to an activating group) is 1. The number of hydrogen-bond acceptors (Lipinski definition) is 3. The first kappa shape index (κ1) is 16.9. The lowest BCUT2D eigenvalue weighted by Gasteiger charge is -2.21. The van der Waals surface area contributed by atoms with Gasteiger partial charge in [-0.2, -0.15) is 0 Å². The van der Waals surface area contributed by atoms with Crippen LogP contribution in [0.15, 0.2) is 24.3 Å². The Morgan fingerprint density at radius 1 is 1.41 bits per heavy atom. The molecule has 1 aliphatic rings. The summed E-state index contributed by atoms with van der Waals surface area (Å²) in [6.07, 6.45) is 2.07. The molecule has 1 saturated heterocycles. The van der Waals surface area contributed by atoms with Crippen LogP contribution in [0.1, 0.15) is 37.8 Å². The van der Waals surface area contributed by atoms with Crippen LogP contribution in [0.25, 0.3) is 0 Å². The first-order valence-corrected chi connectivity index (χ1v) is 7.87. The summed E-state index contributed by atoms with van der Waals surface area (Å²) in [6, 6.07) is 6.80. The Morgan fingerprint density at radius 2 is 2.14 bits per heavy atom. The van der Waals surface area contributed by atoms with Crippen molar-refractivity contribution < 1.29 is 13.9 Å². The summed E-state index contributed by atoms with van der Waals surface area (Å²) in [4.78, 5) is 13.4. The lowest BCUT2D eigenvalue weighted by molar-refractivity contribution is -0.140. The van der Waals surface area contributed by atoms with Gasteiger partial charge in [0.05, 0.1) is 6.10 Å².